The van der Waals surface area contributed by atoms with Gasteiger partial charge >= 0.3 is 0 Å². The maximum atomic E-state index is 3.92. The Hall–Kier alpha value is -0.120. The van der Waals surface area contributed by atoms with Crippen LogP contribution in [0.3, 0.4) is 0 Å². The number of benzene rings is 2. The molecular weight excluding hydrogens is 456 g/mol. The lowest BCUT2D eigenvalue weighted by atomic mass is 9.87. The molecule has 2 aromatic rings. The molecule has 0 saturated heterocycles. The summed E-state index contributed by atoms with van der Waals surface area (Å²) in [5.41, 5.74) is 9.60. The molecule has 0 saturated carbocycles. The molecule has 0 heterocycles. The van der Waals surface area contributed by atoms with Crippen LogP contribution < -0.4 is 0 Å². The van der Waals surface area contributed by atoms with Gasteiger partial charge in [-0.2, -0.15) is 0 Å². The van der Waals surface area contributed by atoms with E-state index in [4.69, 9.17) is 0 Å². The van der Waals surface area contributed by atoms with Gasteiger partial charge in [-0.1, -0.05) is 53.9 Å². The lowest BCUT2D eigenvalue weighted by molar-refractivity contribution is 1.05. The van der Waals surface area contributed by atoms with Gasteiger partial charge in [-0.3, -0.25) is 0 Å². The van der Waals surface area contributed by atoms with E-state index in [2.05, 4.69) is 101 Å². The monoisotopic (exact) mass is 472 g/mol. The zero-order valence-electron chi connectivity index (χ0n) is 12.9. The normalized spacial score (nSPS) is 12.6. The van der Waals surface area contributed by atoms with E-state index in [1.165, 1.54) is 38.9 Å². The first kappa shape index (κ1) is 17.2. The lowest BCUT2D eigenvalue weighted by Gasteiger charge is -2.23. The number of hydrogen-bond donors (Lipinski definition) is 0. The Labute approximate surface area is 152 Å². The molecule has 21 heavy (non-hydrogen) atoms. The zero-order valence-corrected chi connectivity index (χ0v) is 17.7. The Bertz CT molecular complexity index is 673. The number of alkyl halides is 1. The highest BCUT2D eigenvalue weighted by atomic mass is 79.9. The van der Waals surface area contributed by atoms with Gasteiger partial charge in [-0.15, -0.1) is 0 Å². The molecule has 0 N–H and O–H groups in total. The third-order valence-electron chi connectivity index (χ3n) is 4.55. The van der Waals surface area contributed by atoms with Gasteiger partial charge in [0, 0.05) is 8.95 Å². The van der Waals surface area contributed by atoms with E-state index in [0.717, 1.165) is 8.95 Å². The zero-order chi connectivity index (χ0) is 15.9. The van der Waals surface area contributed by atoms with Gasteiger partial charge in [0.15, 0.2) is 0 Å². The van der Waals surface area contributed by atoms with Gasteiger partial charge in [-0.05, 0) is 85.7 Å². The van der Waals surface area contributed by atoms with Crippen LogP contribution in [0, 0.1) is 34.6 Å². The maximum absolute atomic E-state index is 3.92. The average Bonchev–Trinajstić information content (AvgIpc) is 2.43. The fourth-order valence-corrected chi connectivity index (χ4v) is 5.44. The molecule has 0 nitrogen and oxygen atoms in total. The minimum atomic E-state index is 0.193. The largest absolute Gasteiger partial charge is 0.0786 e. The minimum Gasteiger partial charge on any atom is -0.0786 e. The molecule has 0 spiro atoms. The maximum Gasteiger partial charge on any atom is 0.0660 e. The molecule has 0 aromatic heterocycles. The van der Waals surface area contributed by atoms with Crippen LogP contribution in [0.4, 0.5) is 0 Å². The van der Waals surface area contributed by atoms with Crippen molar-refractivity contribution >= 4 is 47.8 Å². The van der Waals surface area contributed by atoms with Gasteiger partial charge in [0.1, 0.15) is 0 Å². The molecular formula is C18H19Br3. The smallest absolute Gasteiger partial charge is 0.0660 e. The van der Waals surface area contributed by atoms with E-state index < -0.39 is 0 Å². The Kier molecular flexibility index (Phi) is 5.38. The van der Waals surface area contributed by atoms with E-state index in [1.807, 2.05) is 0 Å². The molecule has 0 amide bonds. The summed E-state index contributed by atoms with van der Waals surface area (Å²) in [6.07, 6.45) is 0. The molecule has 0 aliphatic heterocycles. The van der Waals surface area contributed by atoms with Crippen molar-refractivity contribution in [1.82, 2.24) is 0 Å². The third-order valence-corrected chi connectivity index (χ3v) is 6.68. The van der Waals surface area contributed by atoms with Gasteiger partial charge < -0.3 is 0 Å². The van der Waals surface area contributed by atoms with Crippen molar-refractivity contribution in [2.45, 2.75) is 39.4 Å². The molecule has 1 unspecified atom stereocenters. The van der Waals surface area contributed by atoms with E-state index in [0.29, 0.717) is 0 Å². The summed E-state index contributed by atoms with van der Waals surface area (Å²) in [7, 11) is 0. The van der Waals surface area contributed by atoms with E-state index in [9.17, 15) is 0 Å². The Morgan fingerprint density at radius 2 is 1.24 bits per heavy atom. The van der Waals surface area contributed by atoms with Gasteiger partial charge in [0.05, 0.1) is 4.83 Å². The highest BCUT2D eigenvalue weighted by Gasteiger charge is 2.21. The summed E-state index contributed by atoms with van der Waals surface area (Å²) < 4.78 is 2.20. The molecule has 3 heteroatoms. The fourth-order valence-electron chi connectivity index (χ4n) is 2.77. The standard InChI is InChI=1S/C18H19Br3/c1-9-10(2)12(4)17(13(5)11(9)3)18(21)15-7-6-14(19)8-16(15)20/h6-8,18H,1-5H3. The van der Waals surface area contributed by atoms with Gasteiger partial charge in [0.2, 0.25) is 0 Å². The highest BCUT2D eigenvalue weighted by molar-refractivity contribution is 9.11. The number of halogens is 3. The second kappa shape index (κ2) is 6.55. The second-order valence-corrected chi connectivity index (χ2v) is 8.25. The van der Waals surface area contributed by atoms with Crippen LogP contribution >= 0.6 is 47.8 Å². The Balaban J connectivity index is 2.66. The molecule has 0 radical (unpaired) electrons. The third kappa shape index (κ3) is 3.16. The highest BCUT2D eigenvalue weighted by Crippen LogP contribution is 2.41. The molecule has 112 valence electrons. The van der Waals surface area contributed by atoms with E-state index in [-0.39, 0.29) is 4.83 Å². The quantitative estimate of drug-likeness (QED) is 0.402. The van der Waals surface area contributed by atoms with Crippen LogP contribution in [0.2, 0.25) is 0 Å². The van der Waals surface area contributed by atoms with Crippen molar-refractivity contribution in [2.24, 2.45) is 0 Å². The van der Waals surface area contributed by atoms with Crippen molar-refractivity contribution in [2.75, 3.05) is 0 Å². The van der Waals surface area contributed by atoms with E-state index >= 15 is 0 Å². The van der Waals surface area contributed by atoms with Crippen LogP contribution in [0.5, 0.6) is 0 Å². The van der Waals surface area contributed by atoms with E-state index in [1.54, 1.807) is 0 Å². The van der Waals surface area contributed by atoms with Crippen molar-refractivity contribution in [3.8, 4) is 0 Å². The van der Waals surface area contributed by atoms with Gasteiger partial charge in [0.25, 0.3) is 0 Å². The first-order valence-corrected chi connectivity index (χ1v) is 9.41. The number of rotatable bonds is 2. The summed E-state index contributed by atoms with van der Waals surface area (Å²) in [4.78, 5) is 0.193. The lowest BCUT2D eigenvalue weighted by Crippen LogP contribution is -2.06. The molecule has 0 aliphatic carbocycles. The average molecular weight is 475 g/mol. The van der Waals surface area contributed by atoms with Crippen LogP contribution in [-0.4, -0.2) is 0 Å². The molecule has 2 rings (SSSR count). The topological polar surface area (TPSA) is 0 Å². The SMILES string of the molecule is Cc1c(C)c(C)c(C(Br)c2ccc(Br)cc2Br)c(C)c1C. The predicted octanol–water partition coefficient (Wildman–Crippen LogP) is 7.24. The summed E-state index contributed by atoms with van der Waals surface area (Å²) in [5, 5.41) is 0. The van der Waals surface area contributed by atoms with Gasteiger partial charge in [-0.25, -0.2) is 0 Å². The first-order valence-electron chi connectivity index (χ1n) is 6.91. The van der Waals surface area contributed by atoms with Crippen LogP contribution in [0.25, 0.3) is 0 Å². The molecule has 2 aromatic carbocycles. The second-order valence-electron chi connectivity index (χ2n) is 5.57. The summed E-state index contributed by atoms with van der Waals surface area (Å²) in [6, 6.07) is 6.35. The van der Waals surface area contributed by atoms with Crippen LogP contribution in [0.15, 0.2) is 27.1 Å². The minimum absolute atomic E-state index is 0.193. The van der Waals surface area contributed by atoms with Crippen LogP contribution in [-0.2, 0) is 0 Å². The van der Waals surface area contributed by atoms with Crippen molar-refractivity contribution < 1.29 is 0 Å². The summed E-state index contributed by atoms with van der Waals surface area (Å²) in [6.45, 7) is 11.1. The molecule has 0 bridgehead atoms. The van der Waals surface area contributed by atoms with Crippen LogP contribution in [0.1, 0.15) is 43.8 Å². The molecule has 0 aliphatic rings. The summed E-state index contributed by atoms with van der Waals surface area (Å²) in [5.74, 6) is 0. The Morgan fingerprint density at radius 1 is 0.762 bits per heavy atom. The van der Waals surface area contributed by atoms with Crippen molar-refractivity contribution in [3.63, 3.8) is 0 Å². The number of hydrogen-bond acceptors (Lipinski definition) is 0. The first-order chi connectivity index (χ1) is 9.75. The molecule has 1 atom stereocenters. The summed E-state index contributed by atoms with van der Waals surface area (Å²) >= 11 is 11.1. The van der Waals surface area contributed by atoms with Crippen molar-refractivity contribution in [1.29, 1.82) is 0 Å². The Morgan fingerprint density at radius 3 is 1.71 bits per heavy atom. The predicted molar refractivity (Wildman–Crippen MR) is 103 cm³/mol. The fraction of sp³-hybridized carbons (Fsp3) is 0.333. The van der Waals surface area contributed by atoms with Crippen molar-refractivity contribution in [3.05, 3.63) is 66.1 Å². The molecule has 0 fully saturated rings.